The average molecular weight is 364 g/mol. The van der Waals surface area contributed by atoms with Gasteiger partial charge in [0.25, 0.3) is 0 Å². The first-order valence-corrected chi connectivity index (χ1v) is 9.65. The maximum atomic E-state index is 5.53. The summed E-state index contributed by atoms with van der Waals surface area (Å²) in [4.78, 5) is 9.60. The predicted molar refractivity (Wildman–Crippen MR) is 110 cm³/mol. The molecule has 0 radical (unpaired) electrons. The van der Waals surface area contributed by atoms with Crippen LogP contribution in [0.15, 0.2) is 12.1 Å². The number of nitrogens with one attached hydrogen (secondary N) is 1. The van der Waals surface area contributed by atoms with Gasteiger partial charge in [0.1, 0.15) is 11.6 Å². The van der Waals surface area contributed by atoms with Crippen LogP contribution in [0.1, 0.15) is 40.2 Å². The highest BCUT2D eigenvalue weighted by molar-refractivity contribution is 5.93. The van der Waals surface area contributed by atoms with E-state index in [1.807, 2.05) is 6.92 Å². The Morgan fingerprint density at radius 1 is 1.04 bits per heavy atom. The first-order valence-electron chi connectivity index (χ1n) is 9.65. The zero-order chi connectivity index (χ0) is 19.3. The minimum absolute atomic E-state index is 0.313. The van der Waals surface area contributed by atoms with Crippen LogP contribution < -0.4 is 5.32 Å². The van der Waals surface area contributed by atoms with E-state index in [1.165, 1.54) is 33.6 Å². The summed E-state index contributed by atoms with van der Waals surface area (Å²) in [6.45, 7) is 14.4. The number of fused-ring (bicyclic) bond motifs is 1. The van der Waals surface area contributed by atoms with E-state index in [0.717, 1.165) is 42.3 Å². The lowest BCUT2D eigenvalue weighted by atomic mass is 10.0. The minimum Gasteiger partial charge on any atom is -0.379 e. The van der Waals surface area contributed by atoms with Gasteiger partial charge < -0.3 is 10.1 Å². The number of hydrogen-bond donors (Lipinski definition) is 1. The Morgan fingerprint density at radius 3 is 2.37 bits per heavy atom. The molecule has 5 nitrogen and oxygen atoms in total. The lowest BCUT2D eigenvalue weighted by Crippen LogP contribution is -2.20. The molecule has 1 unspecified atom stereocenters. The van der Waals surface area contributed by atoms with E-state index >= 15 is 0 Å². The number of nitrogens with zero attached hydrogens (tertiary/aromatic N) is 3. The van der Waals surface area contributed by atoms with Crippen molar-refractivity contribution < 1.29 is 4.74 Å². The van der Waals surface area contributed by atoms with Crippen molar-refractivity contribution in [3.8, 4) is 5.69 Å². The van der Waals surface area contributed by atoms with Crippen LogP contribution in [0.3, 0.4) is 0 Å². The fraction of sp³-hybridized carbons (Fsp3) is 0.455. The highest BCUT2D eigenvalue weighted by Crippen LogP contribution is 2.34. The molecule has 27 heavy (non-hydrogen) atoms. The fourth-order valence-electron chi connectivity index (χ4n) is 4.32. The summed E-state index contributed by atoms with van der Waals surface area (Å²) in [6, 6.07) is 4.80. The van der Waals surface area contributed by atoms with Crippen LogP contribution in [0.2, 0.25) is 0 Å². The van der Waals surface area contributed by atoms with Gasteiger partial charge >= 0.3 is 0 Å². The molecule has 0 saturated carbocycles. The summed E-state index contributed by atoms with van der Waals surface area (Å²) in [5.41, 5.74) is 8.47. The Labute approximate surface area is 160 Å². The van der Waals surface area contributed by atoms with E-state index in [-0.39, 0.29) is 0 Å². The highest BCUT2D eigenvalue weighted by Gasteiger charge is 2.23. The van der Waals surface area contributed by atoms with Crippen LogP contribution in [0.4, 0.5) is 5.82 Å². The third-order valence-electron chi connectivity index (χ3n) is 5.60. The van der Waals surface area contributed by atoms with E-state index in [0.29, 0.717) is 6.04 Å². The van der Waals surface area contributed by atoms with Crippen molar-refractivity contribution >= 4 is 16.9 Å². The van der Waals surface area contributed by atoms with Gasteiger partial charge in [0.2, 0.25) is 0 Å². The molecule has 0 spiro atoms. The SMILES string of the molecule is Cc1cc(C)c(-n2c(C)c(C)c3c(NC4CCOC4)nc(C)nc32)c(C)c1. The maximum absolute atomic E-state index is 5.53. The lowest BCUT2D eigenvalue weighted by molar-refractivity contribution is 0.195. The van der Waals surface area contributed by atoms with Crippen molar-refractivity contribution in [3.63, 3.8) is 0 Å². The Morgan fingerprint density at radius 2 is 1.74 bits per heavy atom. The minimum atomic E-state index is 0.313. The molecule has 1 aromatic carbocycles. The molecule has 0 bridgehead atoms. The first kappa shape index (κ1) is 18.0. The zero-order valence-corrected chi connectivity index (χ0v) is 17.1. The molecule has 3 heterocycles. The molecule has 142 valence electrons. The predicted octanol–water partition coefficient (Wildman–Crippen LogP) is 4.47. The van der Waals surface area contributed by atoms with Crippen LogP contribution >= 0.6 is 0 Å². The Bertz CT molecular complexity index is 1010. The molecule has 5 heteroatoms. The molecular formula is C22H28N4O. The number of rotatable bonds is 3. The molecule has 1 aliphatic heterocycles. The second-order valence-corrected chi connectivity index (χ2v) is 7.82. The Hall–Kier alpha value is -2.40. The number of anilines is 1. The zero-order valence-electron chi connectivity index (χ0n) is 17.1. The van der Waals surface area contributed by atoms with Gasteiger partial charge in [-0.05, 0) is 64.7 Å². The Balaban J connectivity index is 1.98. The van der Waals surface area contributed by atoms with Gasteiger partial charge in [-0.3, -0.25) is 4.57 Å². The van der Waals surface area contributed by atoms with Gasteiger partial charge in [0.15, 0.2) is 5.65 Å². The number of hydrogen-bond acceptors (Lipinski definition) is 4. The molecule has 3 aromatic rings. The fourth-order valence-corrected chi connectivity index (χ4v) is 4.32. The third kappa shape index (κ3) is 3.00. The van der Waals surface area contributed by atoms with Crippen LogP contribution in [0.25, 0.3) is 16.7 Å². The summed E-state index contributed by atoms with van der Waals surface area (Å²) in [6.07, 6.45) is 1.01. The van der Waals surface area contributed by atoms with Gasteiger partial charge in [-0.25, -0.2) is 9.97 Å². The molecule has 0 amide bonds. The molecule has 2 aromatic heterocycles. The number of ether oxygens (including phenoxy) is 1. The number of aromatic nitrogens is 3. The second-order valence-electron chi connectivity index (χ2n) is 7.82. The van der Waals surface area contributed by atoms with Crippen LogP contribution in [-0.4, -0.2) is 33.8 Å². The Kier molecular flexibility index (Phi) is 4.42. The van der Waals surface area contributed by atoms with E-state index in [4.69, 9.17) is 14.7 Å². The molecule has 1 atom stereocenters. The van der Waals surface area contributed by atoms with Gasteiger partial charge in [-0.2, -0.15) is 0 Å². The highest BCUT2D eigenvalue weighted by atomic mass is 16.5. The van der Waals surface area contributed by atoms with E-state index < -0.39 is 0 Å². The van der Waals surface area contributed by atoms with E-state index in [1.54, 1.807) is 0 Å². The van der Waals surface area contributed by atoms with Crippen molar-refractivity contribution in [1.29, 1.82) is 0 Å². The van der Waals surface area contributed by atoms with Crippen molar-refractivity contribution in [3.05, 3.63) is 45.9 Å². The number of aryl methyl sites for hydroxylation is 5. The smallest absolute Gasteiger partial charge is 0.150 e. The third-order valence-corrected chi connectivity index (χ3v) is 5.60. The van der Waals surface area contributed by atoms with Crippen molar-refractivity contribution in [2.75, 3.05) is 18.5 Å². The summed E-state index contributed by atoms with van der Waals surface area (Å²) in [5, 5.41) is 4.72. The van der Waals surface area contributed by atoms with Crippen molar-refractivity contribution in [2.24, 2.45) is 0 Å². The molecule has 1 aliphatic rings. The van der Waals surface area contributed by atoms with Crippen LogP contribution in [0.5, 0.6) is 0 Å². The van der Waals surface area contributed by atoms with Crippen molar-refractivity contribution in [1.82, 2.24) is 14.5 Å². The monoisotopic (exact) mass is 364 g/mol. The first-order chi connectivity index (χ1) is 12.9. The van der Waals surface area contributed by atoms with Crippen molar-refractivity contribution in [2.45, 2.75) is 54.0 Å². The van der Waals surface area contributed by atoms with E-state index in [9.17, 15) is 0 Å². The standard InChI is InChI=1S/C22H28N4O/c1-12-9-13(2)20(14(3)10-12)26-16(5)15(4)19-21(23-17(6)24-22(19)26)25-18-7-8-27-11-18/h9-10,18H,7-8,11H2,1-6H3,(H,23,24,25). The van der Waals surface area contributed by atoms with Gasteiger partial charge in [-0.15, -0.1) is 0 Å². The largest absolute Gasteiger partial charge is 0.379 e. The molecule has 1 fully saturated rings. The summed E-state index contributed by atoms with van der Waals surface area (Å²) >= 11 is 0. The average Bonchev–Trinajstić information content (AvgIpc) is 3.16. The van der Waals surface area contributed by atoms with Gasteiger partial charge in [0.05, 0.1) is 23.7 Å². The van der Waals surface area contributed by atoms with Crippen LogP contribution in [0, 0.1) is 41.5 Å². The maximum Gasteiger partial charge on any atom is 0.150 e. The molecule has 1 N–H and O–H groups in total. The molecule has 4 rings (SSSR count). The number of benzene rings is 1. The lowest BCUT2D eigenvalue weighted by Gasteiger charge is -2.16. The molecule has 1 saturated heterocycles. The summed E-state index contributed by atoms with van der Waals surface area (Å²) < 4.78 is 7.84. The normalized spacial score (nSPS) is 17.0. The molecular weight excluding hydrogens is 336 g/mol. The quantitative estimate of drug-likeness (QED) is 0.745. The van der Waals surface area contributed by atoms with Crippen LogP contribution in [-0.2, 0) is 4.74 Å². The summed E-state index contributed by atoms with van der Waals surface area (Å²) in [5.74, 6) is 1.71. The molecule has 0 aliphatic carbocycles. The van der Waals surface area contributed by atoms with E-state index in [2.05, 4.69) is 56.6 Å². The van der Waals surface area contributed by atoms with Gasteiger partial charge in [0, 0.05) is 12.3 Å². The summed E-state index contributed by atoms with van der Waals surface area (Å²) in [7, 11) is 0. The second kappa shape index (κ2) is 6.64. The topological polar surface area (TPSA) is 52.0 Å². The van der Waals surface area contributed by atoms with Gasteiger partial charge in [-0.1, -0.05) is 17.7 Å².